The maximum Gasteiger partial charge on any atom is 0.258 e. The molecule has 3 heteroatoms. The predicted octanol–water partition coefficient (Wildman–Crippen LogP) is 1.13. The lowest BCUT2D eigenvalue weighted by atomic mass is 10.2. The van der Waals surface area contributed by atoms with Crippen LogP contribution in [-0.4, -0.2) is 12.0 Å². The van der Waals surface area contributed by atoms with E-state index in [4.69, 9.17) is 10.5 Å². The quantitative estimate of drug-likeness (QED) is 0.773. The molecule has 1 radical (unpaired) electrons. The van der Waals surface area contributed by atoms with Crippen molar-refractivity contribution in [3.05, 3.63) is 30.3 Å². The van der Waals surface area contributed by atoms with Gasteiger partial charge in [0, 0.05) is 5.92 Å². The molecule has 0 bridgehead atoms. The summed E-state index contributed by atoms with van der Waals surface area (Å²) in [6.07, 6.45) is 1.61. The summed E-state index contributed by atoms with van der Waals surface area (Å²) in [5.74, 6) is 0.622. The van der Waals surface area contributed by atoms with Crippen molar-refractivity contribution in [2.45, 2.75) is 18.9 Å². The Morgan fingerprint density at radius 3 is 2.64 bits per heavy atom. The number of nitrogens with two attached hydrogens (primary N) is 1. The monoisotopic (exact) mass is 190 g/mol. The molecule has 1 atom stereocenters. The van der Waals surface area contributed by atoms with E-state index in [1.54, 1.807) is 24.3 Å². The molecule has 0 aromatic heterocycles. The number of carbonyl (C=O) groups excluding carboxylic acids is 1. The van der Waals surface area contributed by atoms with Crippen molar-refractivity contribution in [1.29, 1.82) is 0 Å². The fourth-order valence-corrected chi connectivity index (χ4v) is 1.38. The molecule has 1 aliphatic rings. The fourth-order valence-electron chi connectivity index (χ4n) is 1.38. The van der Waals surface area contributed by atoms with Gasteiger partial charge >= 0.3 is 0 Å². The van der Waals surface area contributed by atoms with E-state index >= 15 is 0 Å². The lowest BCUT2D eigenvalue weighted by molar-refractivity contribution is -0.125. The second-order valence-corrected chi connectivity index (χ2v) is 3.51. The van der Waals surface area contributed by atoms with E-state index in [0.29, 0.717) is 11.7 Å². The molecule has 73 valence electrons. The Morgan fingerprint density at radius 2 is 2.14 bits per heavy atom. The summed E-state index contributed by atoms with van der Waals surface area (Å²) in [7, 11) is 0. The zero-order chi connectivity index (χ0) is 9.97. The first-order valence-electron chi connectivity index (χ1n) is 4.69. The second-order valence-electron chi connectivity index (χ2n) is 3.51. The van der Waals surface area contributed by atoms with Gasteiger partial charge in [-0.3, -0.25) is 4.79 Å². The van der Waals surface area contributed by atoms with Crippen LogP contribution in [0.1, 0.15) is 12.8 Å². The Morgan fingerprint density at radius 1 is 1.50 bits per heavy atom. The fraction of sp³-hybridized carbons (Fsp3) is 0.364. The van der Waals surface area contributed by atoms with Gasteiger partial charge in [0.05, 0.1) is 0 Å². The minimum atomic E-state index is -0.461. The highest BCUT2D eigenvalue weighted by molar-refractivity contribution is 5.80. The highest BCUT2D eigenvalue weighted by Crippen LogP contribution is 2.34. The second kappa shape index (κ2) is 3.70. The van der Waals surface area contributed by atoms with Crippen molar-refractivity contribution >= 4 is 5.91 Å². The third kappa shape index (κ3) is 2.05. The normalized spacial score (nSPS) is 17.4. The van der Waals surface area contributed by atoms with Crippen LogP contribution in [0.15, 0.2) is 24.3 Å². The molecule has 1 aromatic carbocycles. The van der Waals surface area contributed by atoms with E-state index in [1.165, 1.54) is 0 Å². The molecule has 2 rings (SSSR count). The number of ether oxygens (including phenoxy) is 1. The molecular formula is C11H12NO2. The lowest BCUT2D eigenvalue weighted by Gasteiger charge is -2.14. The average molecular weight is 190 g/mol. The van der Waals surface area contributed by atoms with Gasteiger partial charge in [0.1, 0.15) is 5.75 Å². The van der Waals surface area contributed by atoms with Gasteiger partial charge in [0.2, 0.25) is 0 Å². The number of hydrogen-bond donors (Lipinski definition) is 1. The van der Waals surface area contributed by atoms with Gasteiger partial charge < -0.3 is 10.5 Å². The van der Waals surface area contributed by atoms with Crippen LogP contribution >= 0.6 is 0 Å². The molecule has 14 heavy (non-hydrogen) atoms. The van der Waals surface area contributed by atoms with Crippen molar-refractivity contribution in [2.24, 2.45) is 11.7 Å². The van der Waals surface area contributed by atoms with Crippen LogP contribution in [0.4, 0.5) is 0 Å². The number of primary amides is 1. The smallest absolute Gasteiger partial charge is 0.258 e. The number of rotatable bonds is 4. The molecular weight excluding hydrogens is 178 g/mol. The van der Waals surface area contributed by atoms with Gasteiger partial charge in [-0.1, -0.05) is 12.1 Å². The molecule has 0 heterocycles. The summed E-state index contributed by atoms with van der Waals surface area (Å²) in [6, 6.07) is 9.94. The predicted molar refractivity (Wildman–Crippen MR) is 51.6 cm³/mol. The van der Waals surface area contributed by atoms with Gasteiger partial charge in [-0.15, -0.1) is 0 Å². The van der Waals surface area contributed by atoms with Crippen LogP contribution in [0.5, 0.6) is 5.75 Å². The van der Waals surface area contributed by atoms with Crippen LogP contribution < -0.4 is 10.5 Å². The van der Waals surface area contributed by atoms with Gasteiger partial charge in [-0.05, 0) is 31.0 Å². The summed E-state index contributed by atoms with van der Waals surface area (Å²) in [6.45, 7) is 0. The van der Waals surface area contributed by atoms with Gasteiger partial charge in [0.15, 0.2) is 6.10 Å². The van der Waals surface area contributed by atoms with E-state index in [9.17, 15) is 4.79 Å². The first-order valence-corrected chi connectivity index (χ1v) is 4.69. The van der Waals surface area contributed by atoms with Gasteiger partial charge in [-0.2, -0.15) is 0 Å². The lowest BCUT2D eigenvalue weighted by Crippen LogP contribution is -2.35. The summed E-state index contributed by atoms with van der Waals surface area (Å²) in [5, 5.41) is 0. The van der Waals surface area contributed by atoms with Crippen LogP contribution in [0.2, 0.25) is 0 Å². The molecule has 1 aliphatic carbocycles. The Bertz CT molecular complexity index is 319. The molecule has 0 spiro atoms. The van der Waals surface area contributed by atoms with Crippen LogP contribution in [0, 0.1) is 12.0 Å². The van der Waals surface area contributed by atoms with E-state index in [-0.39, 0.29) is 5.91 Å². The standard InChI is InChI=1S/C11H12NO2/c12-11(13)10(8-6-7-8)14-9-4-2-1-3-5-9/h2-5,8,10H,6-7H2,(H2,12,13). The summed E-state index contributed by atoms with van der Waals surface area (Å²) in [5.41, 5.74) is 5.25. The third-order valence-electron chi connectivity index (χ3n) is 2.28. The Labute approximate surface area is 82.9 Å². The summed E-state index contributed by atoms with van der Waals surface area (Å²) < 4.78 is 5.51. The maximum atomic E-state index is 11.1. The highest BCUT2D eigenvalue weighted by Gasteiger charge is 2.36. The number of hydrogen-bond acceptors (Lipinski definition) is 2. The van der Waals surface area contributed by atoms with Crippen molar-refractivity contribution < 1.29 is 9.53 Å². The molecule has 1 fully saturated rings. The van der Waals surface area contributed by atoms with Crippen molar-refractivity contribution in [3.8, 4) is 5.75 Å². The van der Waals surface area contributed by atoms with Gasteiger partial charge in [-0.25, -0.2) is 0 Å². The Balaban J connectivity index is 2.04. The zero-order valence-electron chi connectivity index (χ0n) is 7.77. The number of carbonyl (C=O) groups is 1. The molecule has 1 aromatic rings. The summed E-state index contributed by atoms with van der Waals surface area (Å²) >= 11 is 0. The van der Waals surface area contributed by atoms with Gasteiger partial charge in [0.25, 0.3) is 5.91 Å². The topological polar surface area (TPSA) is 52.3 Å². The van der Waals surface area contributed by atoms with E-state index in [0.717, 1.165) is 12.8 Å². The van der Waals surface area contributed by atoms with Crippen LogP contribution in [-0.2, 0) is 4.79 Å². The molecule has 0 aliphatic heterocycles. The van der Waals surface area contributed by atoms with Crippen molar-refractivity contribution in [1.82, 2.24) is 0 Å². The molecule has 1 amide bonds. The first-order chi connectivity index (χ1) is 6.77. The SMILES string of the molecule is NC(=O)C(Oc1cc[c]cc1)C1CC1. The maximum absolute atomic E-state index is 11.1. The van der Waals surface area contributed by atoms with E-state index in [1.807, 2.05) is 0 Å². The minimum absolute atomic E-state index is 0.316. The molecule has 1 unspecified atom stereocenters. The Hall–Kier alpha value is -1.51. The van der Waals surface area contributed by atoms with E-state index in [2.05, 4.69) is 6.07 Å². The first kappa shape index (κ1) is 9.06. The average Bonchev–Trinajstić information content (AvgIpc) is 2.99. The molecule has 0 saturated heterocycles. The van der Waals surface area contributed by atoms with Crippen LogP contribution in [0.25, 0.3) is 0 Å². The molecule has 2 N–H and O–H groups in total. The largest absolute Gasteiger partial charge is 0.480 e. The zero-order valence-corrected chi connectivity index (χ0v) is 7.77. The molecule has 3 nitrogen and oxygen atoms in total. The third-order valence-corrected chi connectivity index (χ3v) is 2.28. The van der Waals surface area contributed by atoms with Crippen molar-refractivity contribution in [2.75, 3.05) is 0 Å². The summed E-state index contributed by atoms with van der Waals surface area (Å²) in [4.78, 5) is 11.1. The number of benzene rings is 1. The number of amides is 1. The minimum Gasteiger partial charge on any atom is -0.480 e. The highest BCUT2D eigenvalue weighted by atomic mass is 16.5. The molecule has 1 saturated carbocycles. The van der Waals surface area contributed by atoms with E-state index < -0.39 is 6.10 Å². The van der Waals surface area contributed by atoms with Crippen LogP contribution in [0.3, 0.4) is 0 Å². The van der Waals surface area contributed by atoms with Crippen molar-refractivity contribution in [3.63, 3.8) is 0 Å². The Kier molecular flexibility index (Phi) is 2.39.